The molecular weight excluding hydrogens is 276 g/mol. The monoisotopic (exact) mass is 290 g/mol. The molecule has 1 N–H and O–H groups in total. The van der Waals surface area contributed by atoms with Gasteiger partial charge in [0.05, 0.1) is 13.2 Å². The molecule has 0 atom stereocenters. The zero-order chi connectivity index (χ0) is 13.2. The Labute approximate surface area is 121 Å². The van der Waals surface area contributed by atoms with Crippen LogP contribution in [0.2, 0.25) is 0 Å². The summed E-state index contributed by atoms with van der Waals surface area (Å²) < 4.78 is 6.07. The minimum Gasteiger partial charge on any atom is -0.376 e. The van der Waals surface area contributed by atoms with Crippen LogP contribution in [-0.2, 0) is 17.8 Å². The SMILES string of the molecule is CSc1ccc(-c2nc(=S)c3c([nH]2)CCOC3)cc1. The van der Waals surface area contributed by atoms with Gasteiger partial charge in [-0.15, -0.1) is 11.8 Å². The van der Waals surface area contributed by atoms with E-state index in [1.54, 1.807) is 11.8 Å². The first kappa shape index (κ1) is 12.8. The number of rotatable bonds is 2. The van der Waals surface area contributed by atoms with Crippen molar-refractivity contribution in [3.8, 4) is 11.4 Å². The van der Waals surface area contributed by atoms with Crippen LogP contribution in [-0.4, -0.2) is 22.8 Å². The number of benzene rings is 1. The molecule has 3 nitrogen and oxygen atoms in total. The van der Waals surface area contributed by atoms with Crippen LogP contribution in [0.25, 0.3) is 11.4 Å². The molecule has 1 aliphatic rings. The maximum Gasteiger partial charge on any atom is 0.139 e. The highest BCUT2D eigenvalue weighted by Gasteiger charge is 2.14. The fourth-order valence-electron chi connectivity index (χ4n) is 2.14. The first-order valence-corrected chi connectivity index (χ1v) is 7.75. The molecule has 0 fully saturated rings. The fraction of sp³-hybridized carbons (Fsp3) is 0.286. The van der Waals surface area contributed by atoms with Crippen LogP contribution in [0.1, 0.15) is 11.3 Å². The van der Waals surface area contributed by atoms with Gasteiger partial charge in [-0.05, 0) is 18.4 Å². The normalized spacial score (nSPS) is 14.2. The van der Waals surface area contributed by atoms with Gasteiger partial charge < -0.3 is 9.72 Å². The zero-order valence-corrected chi connectivity index (χ0v) is 12.2. The lowest BCUT2D eigenvalue weighted by atomic mass is 10.1. The highest BCUT2D eigenvalue weighted by Crippen LogP contribution is 2.23. The van der Waals surface area contributed by atoms with Crippen molar-refractivity contribution in [2.24, 2.45) is 0 Å². The van der Waals surface area contributed by atoms with Crippen molar-refractivity contribution >= 4 is 24.0 Å². The van der Waals surface area contributed by atoms with Gasteiger partial charge in [0.15, 0.2) is 0 Å². The van der Waals surface area contributed by atoms with Crippen molar-refractivity contribution < 1.29 is 4.74 Å². The molecule has 0 saturated heterocycles. The highest BCUT2D eigenvalue weighted by molar-refractivity contribution is 7.98. The Morgan fingerprint density at radius 3 is 2.84 bits per heavy atom. The van der Waals surface area contributed by atoms with E-state index < -0.39 is 0 Å². The second-order valence-electron chi connectivity index (χ2n) is 4.38. The summed E-state index contributed by atoms with van der Waals surface area (Å²) in [7, 11) is 0. The van der Waals surface area contributed by atoms with Crippen LogP contribution in [0, 0.1) is 4.64 Å². The maximum absolute atomic E-state index is 5.42. The van der Waals surface area contributed by atoms with E-state index >= 15 is 0 Å². The van der Waals surface area contributed by atoms with Crippen LogP contribution >= 0.6 is 24.0 Å². The Hall–Kier alpha value is -1.17. The minimum absolute atomic E-state index is 0.573. The number of nitrogens with one attached hydrogen (secondary N) is 1. The topological polar surface area (TPSA) is 37.9 Å². The summed E-state index contributed by atoms with van der Waals surface area (Å²) in [4.78, 5) is 9.12. The number of aromatic amines is 1. The fourth-order valence-corrected chi connectivity index (χ4v) is 2.82. The number of nitrogens with zero attached hydrogens (tertiary/aromatic N) is 1. The van der Waals surface area contributed by atoms with Crippen molar-refractivity contribution in [2.45, 2.75) is 17.9 Å². The molecule has 5 heteroatoms. The van der Waals surface area contributed by atoms with Crippen LogP contribution in [0.4, 0.5) is 0 Å². The molecule has 1 aliphatic heterocycles. The predicted molar refractivity (Wildman–Crippen MR) is 80.0 cm³/mol. The zero-order valence-electron chi connectivity index (χ0n) is 10.6. The number of aromatic nitrogens is 2. The van der Waals surface area contributed by atoms with E-state index in [0.717, 1.165) is 35.7 Å². The average Bonchev–Trinajstić information content (AvgIpc) is 2.47. The van der Waals surface area contributed by atoms with E-state index in [4.69, 9.17) is 17.0 Å². The third-order valence-corrected chi connectivity index (χ3v) is 4.29. The van der Waals surface area contributed by atoms with E-state index in [1.165, 1.54) is 4.90 Å². The molecule has 19 heavy (non-hydrogen) atoms. The van der Waals surface area contributed by atoms with Crippen molar-refractivity contribution in [3.63, 3.8) is 0 Å². The van der Waals surface area contributed by atoms with Gasteiger partial charge in [0, 0.05) is 28.1 Å². The molecule has 0 amide bonds. The summed E-state index contributed by atoms with van der Waals surface area (Å²) in [6.45, 7) is 1.32. The van der Waals surface area contributed by atoms with Gasteiger partial charge in [-0.3, -0.25) is 0 Å². The molecular formula is C14H14N2OS2. The molecule has 2 aromatic rings. The third kappa shape index (κ3) is 2.59. The average molecular weight is 290 g/mol. The lowest BCUT2D eigenvalue weighted by Gasteiger charge is -2.17. The molecule has 2 heterocycles. The first-order valence-electron chi connectivity index (χ1n) is 6.12. The lowest BCUT2D eigenvalue weighted by molar-refractivity contribution is 0.108. The summed E-state index contributed by atoms with van der Waals surface area (Å²) in [5.41, 5.74) is 3.26. The second kappa shape index (κ2) is 5.45. The Balaban J connectivity index is 2.05. The van der Waals surface area contributed by atoms with E-state index in [9.17, 15) is 0 Å². The number of fused-ring (bicyclic) bond motifs is 1. The summed E-state index contributed by atoms with van der Waals surface area (Å²) >= 11 is 7.09. The standard InChI is InChI=1S/C14H14N2OS2/c1-19-10-4-2-9(3-5-10)13-15-12-6-7-17-8-11(12)14(18)16-13/h2-5H,6-8H2,1H3,(H,15,16,18). The lowest BCUT2D eigenvalue weighted by Crippen LogP contribution is -2.14. The van der Waals surface area contributed by atoms with Gasteiger partial charge in [-0.25, -0.2) is 4.98 Å². The summed E-state index contributed by atoms with van der Waals surface area (Å²) in [5.74, 6) is 0.846. The first-order chi connectivity index (χ1) is 9.28. The molecule has 0 unspecified atom stereocenters. The van der Waals surface area contributed by atoms with Crippen molar-refractivity contribution in [3.05, 3.63) is 40.2 Å². The third-order valence-electron chi connectivity index (χ3n) is 3.21. The van der Waals surface area contributed by atoms with Crippen LogP contribution < -0.4 is 0 Å². The Morgan fingerprint density at radius 2 is 2.11 bits per heavy atom. The van der Waals surface area contributed by atoms with E-state index in [0.29, 0.717) is 11.2 Å². The Bertz CT molecular complexity index is 649. The molecule has 3 rings (SSSR count). The van der Waals surface area contributed by atoms with Crippen molar-refractivity contribution in [2.75, 3.05) is 12.9 Å². The van der Waals surface area contributed by atoms with Gasteiger partial charge >= 0.3 is 0 Å². The quantitative estimate of drug-likeness (QED) is 0.677. The Kier molecular flexibility index (Phi) is 3.68. The van der Waals surface area contributed by atoms with Gasteiger partial charge in [-0.2, -0.15) is 0 Å². The number of hydrogen-bond acceptors (Lipinski definition) is 4. The molecule has 0 bridgehead atoms. The summed E-state index contributed by atoms with van der Waals surface area (Å²) in [5, 5.41) is 0. The number of thioether (sulfide) groups is 1. The molecule has 1 aromatic carbocycles. The molecule has 98 valence electrons. The highest BCUT2D eigenvalue weighted by atomic mass is 32.2. The van der Waals surface area contributed by atoms with E-state index in [2.05, 4.69) is 40.5 Å². The minimum atomic E-state index is 0.573. The number of H-pyrrole nitrogens is 1. The molecule has 0 saturated carbocycles. The second-order valence-corrected chi connectivity index (χ2v) is 5.65. The van der Waals surface area contributed by atoms with Gasteiger partial charge in [0.1, 0.15) is 10.5 Å². The van der Waals surface area contributed by atoms with E-state index in [-0.39, 0.29) is 0 Å². The van der Waals surface area contributed by atoms with E-state index in [1.807, 2.05) is 0 Å². The molecule has 1 aromatic heterocycles. The van der Waals surface area contributed by atoms with Gasteiger partial charge in [-0.1, -0.05) is 24.4 Å². The summed E-state index contributed by atoms with van der Waals surface area (Å²) in [6.07, 6.45) is 2.94. The summed E-state index contributed by atoms with van der Waals surface area (Å²) in [6, 6.07) is 8.35. The largest absolute Gasteiger partial charge is 0.376 e. The predicted octanol–water partition coefficient (Wildman–Crippen LogP) is 3.60. The molecule has 0 aliphatic carbocycles. The molecule has 0 radical (unpaired) electrons. The van der Waals surface area contributed by atoms with Gasteiger partial charge in [0.25, 0.3) is 0 Å². The smallest absolute Gasteiger partial charge is 0.139 e. The van der Waals surface area contributed by atoms with Gasteiger partial charge in [0.2, 0.25) is 0 Å². The Morgan fingerprint density at radius 1 is 1.32 bits per heavy atom. The number of ether oxygens (including phenoxy) is 1. The maximum atomic E-state index is 5.42. The van der Waals surface area contributed by atoms with Crippen molar-refractivity contribution in [1.29, 1.82) is 0 Å². The number of hydrogen-bond donors (Lipinski definition) is 1. The van der Waals surface area contributed by atoms with Crippen LogP contribution in [0.5, 0.6) is 0 Å². The van der Waals surface area contributed by atoms with Crippen LogP contribution in [0.3, 0.4) is 0 Å². The van der Waals surface area contributed by atoms with Crippen LogP contribution in [0.15, 0.2) is 29.2 Å². The molecule has 0 spiro atoms. The van der Waals surface area contributed by atoms with Crippen molar-refractivity contribution in [1.82, 2.24) is 9.97 Å².